The highest BCUT2D eigenvalue weighted by molar-refractivity contribution is 5.84. The predicted molar refractivity (Wildman–Crippen MR) is 93.8 cm³/mol. The Labute approximate surface area is 145 Å². The summed E-state index contributed by atoms with van der Waals surface area (Å²) in [5.41, 5.74) is 0. The van der Waals surface area contributed by atoms with Crippen molar-refractivity contribution in [2.24, 2.45) is 5.92 Å². The van der Waals surface area contributed by atoms with Gasteiger partial charge in [0.05, 0.1) is 6.10 Å². The van der Waals surface area contributed by atoms with Crippen LogP contribution in [0.25, 0.3) is 0 Å². The largest absolute Gasteiger partial charge is 0.378 e. The lowest BCUT2D eigenvalue weighted by molar-refractivity contribution is -0.130. The van der Waals surface area contributed by atoms with E-state index in [0.717, 1.165) is 45.2 Å². The van der Waals surface area contributed by atoms with Crippen LogP contribution in [0.3, 0.4) is 0 Å². The first-order valence-corrected chi connectivity index (χ1v) is 9.44. The van der Waals surface area contributed by atoms with Gasteiger partial charge >= 0.3 is 6.03 Å². The molecule has 0 unspecified atom stereocenters. The minimum atomic E-state index is -0.100. The van der Waals surface area contributed by atoms with Gasteiger partial charge in [0.15, 0.2) is 0 Å². The number of carbonyl (C=O) groups is 2. The summed E-state index contributed by atoms with van der Waals surface area (Å²) in [5.74, 6) is 0.659. The van der Waals surface area contributed by atoms with E-state index < -0.39 is 0 Å². The monoisotopic (exact) mass is 339 g/mol. The summed E-state index contributed by atoms with van der Waals surface area (Å²) < 4.78 is 5.80. The Hall–Kier alpha value is -1.30. The van der Waals surface area contributed by atoms with E-state index >= 15 is 0 Å². The molecule has 2 heterocycles. The lowest BCUT2D eigenvalue weighted by atomic mass is 9.96. The molecule has 138 valence electrons. The van der Waals surface area contributed by atoms with Crippen LogP contribution in [0.15, 0.2) is 0 Å². The van der Waals surface area contributed by atoms with Crippen molar-refractivity contribution in [1.29, 1.82) is 0 Å². The van der Waals surface area contributed by atoms with Crippen LogP contribution in [0.4, 0.5) is 4.79 Å². The van der Waals surface area contributed by atoms with E-state index in [9.17, 15) is 9.59 Å². The first-order valence-electron chi connectivity index (χ1n) is 9.44. The molecule has 2 aliphatic rings. The molecular formula is C18H33N3O3. The number of nitrogens with one attached hydrogen (secondary N) is 1. The van der Waals surface area contributed by atoms with E-state index in [4.69, 9.17) is 4.74 Å². The van der Waals surface area contributed by atoms with Gasteiger partial charge in [-0.2, -0.15) is 0 Å². The summed E-state index contributed by atoms with van der Waals surface area (Å²) in [6.07, 6.45) is 4.79. The zero-order valence-electron chi connectivity index (χ0n) is 15.4. The third-order valence-corrected chi connectivity index (χ3v) is 4.74. The van der Waals surface area contributed by atoms with Crippen molar-refractivity contribution in [3.8, 4) is 0 Å². The highest BCUT2D eigenvalue weighted by Crippen LogP contribution is 2.20. The van der Waals surface area contributed by atoms with E-state index in [2.05, 4.69) is 26.1 Å². The van der Waals surface area contributed by atoms with Crippen molar-refractivity contribution in [2.45, 2.75) is 65.0 Å². The van der Waals surface area contributed by atoms with Crippen LogP contribution in [0.1, 0.15) is 52.9 Å². The zero-order valence-corrected chi connectivity index (χ0v) is 15.4. The Morgan fingerprint density at radius 1 is 1.38 bits per heavy atom. The van der Waals surface area contributed by atoms with E-state index in [-0.39, 0.29) is 30.6 Å². The quantitative estimate of drug-likeness (QED) is 0.835. The Balaban J connectivity index is 1.84. The van der Waals surface area contributed by atoms with Gasteiger partial charge in [0, 0.05) is 32.3 Å². The second-order valence-electron chi connectivity index (χ2n) is 7.45. The molecule has 2 saturated heterocycles. The number of nitrogens with zero attached hydrogens (tertiary/aromatic N) is 2. The summed E-state index contributed by atoms with van der Waals surface area (Å²) >= 11 is 0. The number of hydrogen-bond donors (Lipinski definition) is 1. The number of carbonyl (C=O) groups excluding carboxylic acids is 2. The third-order valence-electron chi connectivity index (χ3n) is 4.74. The van der Waals surface area contributed by atoms with Gasteiger partial charge in [-0.1, -0.05) is 20.8 Å². The summed E-state index contributed by atoms with van der Waals surface area (Å²) in [5, 5.41) is 3.12. The molecule has 2 fully saturated rings. The van der Waals surface area contributed by atoms with Crippen molar-refractivity contribution >= 4 is 11.9 Å². The topological polar surface area (TPSA) is 61.9 Å². The first-order chi connectivity index (χ1) is 11.5. The molecule has 2 aliphatic heterocycles. The van der Waals surface area contributed by atoms with Gasteiger partial charge in [0.1, 0.15) is 6.54 Å². The fourth-order valence-electron chi connectivity index (χ4n) is 3.57. The van der Waals surface area contributed by atoms with E-state index in [1.165, 1.54) is 0 Å². The molecule has 1 N–H and O–H groups in total. The minimum Gasteiger partial charge on any atom is -0.378 e. The van der Waals surface area contributed by atoms with E-state index in [1.807, 2.05) is 4.90 Å². The SMILES string of the molecule is CCCN1CCCN(C(=O)N[C@H]2CCO[C@H](CC(C)C)C2)CC1=O. The van der Waals surface area contributed by atoms with Crippen LogP contribution in [0, 0.1) is 5.92 Å². The van der Waals surface area contributed by atoms with E-state index in [1.54, 1.807) is 4.90 Å². The molecule has 3 amide bonds. The maximum absolute atomic E-state index is 12.6. The molecule has 6 nitrogen and oxygen atoms in total. The van der Waals surface area contributed by atoms with Gasteiger partial charge in [-0.15, -0.1) is 0 Å². The average Bonchev–Trinajstić information content (AvgIpc) is 2.70. The molecule has 2 atom stereocenters. The summed E-state index contributed by atoms with van der Waals surface area (Å²) in [7, 11) is 0. The Kier molecular flexibility index (Phi) is 7.34. The van der Waals surface area contributed by atoms with Crippen molar-refractivity contribution in [3.63, 3.8) is 0 Å². The number of ether oxygens (including phenoxy) is 1. The first kappa shape index (κ1) is 19.0. The smallest absolute Gasteiger partial charge is 0.318 e. The van der Waals surface area contributed by atoms with Crippen LogP contribution in [-0.2, 0) is 9.53 Å². The summed E-state index contributed by atoms with van der Waals surface area (Å²) in [6.45, 7) is 9.54. The predicted octanol–water partition coefficient (Wildman–Crippen LogP) is 2.23. The van der Waals surface area contributed by atoms with Gasteiger partial charge in [-0.25, -0.2) is 4.79 Å². The molecule has 0 aliphatic carbocycles. The molecule has 0 aromatic heterocycles. The Bertz CT molecular complexity index is 428. The number of rotatable bonds is 5. The second-order valence-corrected chi connectivity index (χ2v) is 7.45. The van der Waals surface area contributed by atoms with Gasteiger partial charge in [-0.05, 0) is 38.0 Å². The molecule has 0 spiro atoms. The third kappa shape index (κ3) is 5.65. The average molecular weight is 339 g/mol. The maximum Gasteiger partial charge on any atom is 0.318 e. The number of amides is 3. The highest BCUT2D eigenvalue weighted by atomic mass is 16.5. The van der Waals surface area contributed by atoms with Gasteiger partial charge < -0.3 is 19.9 Å². The Morgan fingerprint density at radius 2 is 2.17 bits per heavy atom. The molecule has 2 rings (SSSR count). The van der Waals surface area contributed by atoms with Gasteiger partial charge in [0.2, 0.25) is 5.91 Å². The molecule has 0 aromatic carbocycles. The molecule has 24 heavy (non-hydrogen) atoms. The summed E-state index contributed by atoms with van der Waals surface area (Å²) in [4.78, 5) is 28.4. The van der Waals surface area contributed by atoms with E-state index in [0.29, 0.717) is 19.1 Å². The standard InChI is InChI=1S/C18H33N3O3/c1-4-7-20-8-5-9-21(13-17(20)22)18(23)19-15-6-10-24-16(12-15)11-14(2)3/h14-16H,4-13H2,1-3H3,(H,19,23)/t15-,16+/m0/s1. The van der Waals surface area contributed by atoms with Crippen LogP contribution >= 0.6 is 0 Å². The second kappa shape index (κ2) is 9.25. The fraction of sp³-hybridized carbons (Fsp3) is 0.889. The van der Waals surface area contributed by atoms with Crippen molar-refractivity contribution < 1.29 is 14.3 Å². The zero-order chi connectivity index (χ0) is 17.5. The fourth-order valence-corrected chi connectivity index (χ4v) is 3.57. The molecular weight excluding hydrogens is 306 g/mol. The molecule has 0 saturated carbocycles. The normalized spacial score (nSPS) is 25.8. The molecule has 6 heteroatoms. The van der Waals surface area contributed by atoms with Crippen LogP contribution < -0.4 is 5.32 Å². The Morgan fingerprint density at radius 3 is 2.88 bits per heavy atom. The summed E-state index contributed by atoms with van der Waals surface area (Å²) in [6, 6.07) is 0.0528. The minimum absolute atomic E-state index is 0.0640. The van der Waals surface area contributed by atoms with Crippen molar-refractivity contribution in [2.75, 3.05) is 32.8 Å². The van der Waals surface area contributed by atoms with Crippen molar-refractivity contribution in [1.82, 2.24) is 15.1 Å². The number of hydrogen-bond acceptors (Lipinski definition) is 3. The van der Waals surface area contributed by atoms with Crippen LogP contribution in [0.2, 0.25) is 0 Å². The maximum atomic E-state index is 12.6. The highest BCUT2D eigenvalue weighted by Gasteiger charge is 2.28. The van der Waals surface area contributed by atoms with Crippen LogP contribution in [0.5, 0.6) is 0 Å². The lowest BCUT2D eigenvalue weighted by Crippen LogP contribution is -2.50. The van der Waals surface area contributed by atoms with Gasteiger partial charge in [0.25, 0.3) is 0 Å². The molecule has 0 radical (unpaired) electrons. The van der Waals surface area contributed by atoms with Crippen molar-refractivity contribution in [3.05, 3.63) is 0 Å². The number of urea groups is 1. The van der Waals surface area contributed by atoms with Gasteiger partial charge in [-0.3, -0.25) is 4.79 Å². The molecule has 0 aromatic rings. The molecule has 0 bridgehead atoms. The lowest BCUT2D eigenvalue weighted by Gasteiger charge is -2.32. The van der Waals surface area contributed by atoms with Crippen LogP contribution in [-0.4, -0.2) is 66.7 Å².